The molecule has 1 aliphatic heterocycles. The number of carbonyl (C=O) groups is 2. The van der Waals surface area contributed by atoms with E-state index in [-0.39, 0.29) is 17.2 Å². The Bertz CT molecular complexity index is 553. The Morgan fingerprint density at radius 3 is 2.39 bits per heavy atom. The summed E-state index contributed by atoms with van der Waals surface area (Å²) in [5, 5.41) is 12.0. The Morgan fingerprint density at radius 2 is 1.91 bits per heavy atom. The maximum absolute atomic E-state index is 12.3. The van der Waals surface area contributed by atoms with E-state index in [1.165, 1.54) is 0 Å². The molecular weight excluding hydrogens is 294 g/mol. The minimum absolute atomic E-state index is 0.0119. The summed E-state index contributed by atoms with van der Waals surface area (Å²) in [6.45, 7) is 7.34. The van der Waals surface area contributed by atoms with Crippen molar-refractivity contribution in [3.8, 4) is 0 Å². The maximum atomic E-state index is 12.3. The Morgan fingerprint density at radius 1 is 1.26 bits per heavy atom. The monoisotopic (exact) mass is 319 g/mol. The molecule has 1 heterocycles. The molecule has 126 valence electrons. The fourth-order valence-corrected chi connectivity index (χ4v) is 2.76. The molecule has 23 heavy (non-hydrogen) atoms. The molecule has 2 atom stereocenters. The van der Waals surface area contributed by atoms with E-state index in [0.717, 1.165) is 18.4 Å². The van der Waals surface area contributed by atoms with E-state index < -0.39 is 12.0 Å². The van der Waals surface area contributed by atoms with Crippen LogP contribution in [0.1, 0.15) is 49.5 Å². The van der Waals surface area contributed by atoms with Gasteiger partial charge in [0.25, 0.3) is 5.91 Å². The zero-order valence-electron chi connectivity index (χ0n) is 14.0. The number of carbonyl (C=O) groups excluding carboxylic acids is 1. The molecule has 1 aromatic carbocycles. The van der Waals surface area contributed by atoms with Gasteiger partial charge in [0.1, 0.15) is 6.04 Å². The molecule has 1 saturated heterocycles. The van der Waals surface area contributed by atoms with Gasteiger partial charge in [-0.3, -0.25) is 4.79 Å². The lowest BCUT2D eigenvalue weighted by Gasteiger charge is -2.28. The summed E-state index contributed by atoms with van der Waals surface area (Å²) >= 11 is 0. The van der Waals surface area contributed by atoms with Crippen LogP contribution in [-0.2, 0) is 14.9 Å². The topological polar surface area (TPSA) is 75.6 Å². The third kappa shape index (κ3) is 4.55. The van der Waals surface area contributed by atoms with Gasteiger partial charge in [-0.25, -0.2) is 4.79 Å². The van der Waals surface area contributed by atoms with Gasteiger partial charge in [0.15, 0.2) is 0 Å². The van der Waals surface area contributed by atoms with Crippen LogP contribution in [0.5, 0.6) is 0 Å². The first-order chi connectivity index (χ1) is 10.8. The van der Waals surface area contributed by atoms with E-state index in [0.29, 0.717) is 18.8 Å². The summed E-state index contributed by atoms with van der Waals surface area (Å²) in [4.78, 5) is 23.8. The van der Waals surface area contributed by atoms with Gasteiger partial charge < -0.3 is 15.2 Å². The summed E-state index contributed by atoms with van der Waals surface area (Å²) in [7, 11) is 0. The number of carboxylic acid groups (broad SMARTS) is 1. The molecule has 1 aromatic rings. The molecule has 2 unspecified atom stereocenters. The molecule has 1 aliphatic rings. The largest absolute Gasteiger partial charge is 0.480 e. The first-order valence-corrected chi connectivity index (χ1v) is 8.01. The molecule has 0 aromatic heterocycles. The number of aliphatic carboxylic acids is 1. The van der Waals surface area contributed by atoms with Crippen molar-refractivity contribution < 1.29 is 19.4 Å². The Kier molecular flexibility index (Phi) is 5.42. The van der Waals surface area contributed by atoms with Crippen LogP contribution in [0.4, 0.5) is 0 Å². The van der Waals surface area contributed by atoms with Crippen LogP contribution in [0.25, 0.3) is 0 Å². The lowest BCUT2D eigenvalue weighted by Crippen LogP contribution is -2.48. The summed E-state index contributed by atoms with van der Waals surface area (Å²) in [5.74, 6) is -1.55. The van der Waals surface area contributed by atoms with Crippen molar-refractivity contribution in [3.05, 3.63) is 35.4 Å². The number of amides is 1. The molecule has 5 heteroatoms. The number of hydrogen-bond donors (Lipinski definition) is 2. The van der Waals surface area contributed by atoms with Crippen LogP contribution in [0, 0.1) is 5.92 Å². The van der Waals surface area contributed by atoms with Crippen molar-refractivity contribution in [2.24, 2.45) is 5.92 Å². The Labute approximate surface area is 137 Å². The van der Waals surface area contributed by atoms with Crippen LogP contribution in [0.3, 0.4) is 0 Å². The van der Waals surface area contributed by atoms with Crippen LogP contribution in [0.15, 0.2) is 24.3 Å². The number of benzene rings is 1. The number of rotatable bonds is 4. The molecule has 0 radical (unpaired) electrons. The molecule has 1 fully saturated rings. The van der Waals surface area contributed by atoms with Gasteiger partial charge in [0.05, 0.1) is 6.61 Å². The highest BCUT2D eigenvalue weighted by Crippen LogP contribution is 2.22. The predicted molar refractivity (Wildman–Crippen MR) is 87.6 cm³/mol. The average Bonchev–Trinajstić information content (AvgIpc) is 2.52. The van der Waals surface area contributed by atoms with Crippen molar-refractivity contribution in [2.75, 3.05) is 13.2 Å². The molecule has 1 amide bonds. The third-order valence-electron chi connectivity index (χ3n) is 4.23. The van der Waals surface area contributed by atoms with Crippen molar-refractivity contribution in [3.63, 3.8) is 0 Å². The van der Waals surface area contributed by atoms with E-state index >= 15 is 0 Å². The van der Waals surface area contributed by atoms with Gasteiger partial charge in [-0.1, -0.05) is 32.9 Å². The second-order valence-corrected chi connectivity index (χ2v) is 7.09. The standard InChI is InChI=1S/C18H25NO4/c1-18(2,3)14-8-6-12(7-9-14)16(20)19-15(17(21)22)13-5-4-10-23-11-13/h6-9,13,15H,4-5,10-11H2,1-3H3,(H,19,20)(H,21,22). The zero-order chi connectivity index (χ0) is 17.0. The molecule has 2 rings (SSSR count). The van der Waals surface area contributed by atoms with Gasteiger partial charge in [-0.15, -0.1) is 0 Å². The zero-order valence-corrected chi connectivity index (χ0v) is 14.0. The van der Waals surface area contributed by atoms with Gasteiger partial charge in [-0.2, -0.15) is 0 Å². The molecule has 0 saturated carbocycles. The number of nitrogens with one attached hydrogen (secondary N) is 1. The number of carboxylic acids is 1. The first kappa shape index (κ1) is 17.5. The molecule has 0 spiro atoms. The smallest absolute Gasteiger partial charge is 0.326 e. The highest BCUT2D eigenvalue weighted by atomic mass is 16.5. The third-order valence-corrected chi connectivity index (χ3v) is 4.23. The van der Waals surface area contributed by atoms with Crippen molar-refractivity contribution in [2.45, 2.75) is 45.1 Å². The van der Waals surface area contributed by atoms with Gasteiger partial charge in [-0.05, 0) is 36.0 Å². The Balaban J connectivity index is 2.07. The van der Waals surface area contributed by atoms with E-state index in [9.17, 15) is 14.7 Å². The van der Waals surface area contributed by atoms with Crippen LogP contribution >= 0.6 is 0 Å². The normalized spacial score (nSPS) is 19.9. The van der Waals surface area contributed by atoms with Crippen LogP contribution in [0.2, 0.25) is 0 Å². The van der Waals surface area contributed by atoms with Crippen molar-refractivity contribution >= 4 is 11.9 Å². The minimum Gasteiger partial charge on any atom is -0.480 e. The van der Waals surface area contributed by atoms with Gasteiger partial charge in [0, 0.05) is 18.1 Å². The maximum Gasteiger partial charge on any atom is 0.326 e. The average molecular weight is 319 g/mol. The van der Waals surface area contributed by atoms with E-state index in [1.54, 1.807) is 12.1 Å². The fourth-order valence-electron chi connectivity index (χ4n) is 2.76. The molecular formula is C18H25NO4. The quantitative estimate of drug-likeness (QED) is 0.894. The second kappa shape index (κ2) is 7.13. The van der Waals surface area contributed by atoms with Crippen LogP contribution in [-0.4, -0.2) is 36.2 Å². The Hall–Kier alpha value is -1.88. The summed E-state index contributed by atoms with van der Waals surface area (Å²) in [6.07, 6.45) is 1.57. The molecule has 2 N–H and O–H groups in total. The fraction of sp³-hybridized carbons (Fsp3) is 0.556. The van der Waals surface area contributed by atoms with Crippen LogP contribution < -0.4 is 5.32 Å². The summed E-state index contributed by atoms with van der Waals surface area (Å²) < 4.78 is 5.34. The number of hydrogen-bond acceptors (Lipinski definition) is 3. The summed E-state index contributed by atoms with van der Waals surface area (Å²) in [6, 6.07) is 6.39. The highest BCUT2D eigenvalue weighted by Gasteiger charge is 2.31. The van der Waals surface area contributed by atoms with E-state index in [4.69, 9.17) is 4.74 Å². The summed E-state index contributed by atoms with van der Waals surface area (Å²) in [5.41, 5.74) is 1.61. The SMILES string of the molecule is CC(C)(C)c1ccc(C(=O)NC(C(=O)O)C2CCCOC2)cc1. The van der Waals surface area contributed by atoms with E-state index in [2.05, 4.69) is 26.1 Å². The minimum atomic E-state index is -1.01. The highest BCUT2D eigenvalue weighted by molar-refractivity contribution is 5.96. The van der Waals surface area contributed by atoms with Crippen molar-refractivity contribution in [1.29, 1.82) is 0 Å². The van der Waals surface area contributed by atoms with Gasteiger partial charge in [0.2, 0.25) is 0 Å². The van der Waals surface area contributed by atoms with Crippen molar-refractivity contribution in [1.82, 2.24) is 5.32 Å². The molecule has 5 nitrogen and oxygen atoms in total. The molecule has 0 bridgehead atoms. The first-order valence-electron chi connectivity index (χ1n) is 8.01. The van der Waals surface area contributed by atoms with Gasteiger partial charge >= 0.3 is 5.97 Å². The second-order valence-electron chi connectivity index (χ2n) is 7.09. The number of ether oxygens (including phenoxy) is 1. The lowest BCUT2D eigenvalue weighted by atomic mass is 9.86. The van der Waals surface area contributed by atoms with E-state index in [1.807, 2.05) is 12.1 Å². The molecule has 0 aliphatic carbocycles. The predicted octanol–water partition coefficient (Wildman–Crippen LogP) is 2.59. The lowest BCUT2D eigenvalue weighted by molar-refractivity contribution is -0.142.